The van der Waals surface area contributed by atoms with Crippen molar-refractivity contribution >= 4 is 22.1 Å². The summed E-state index contributed by atoms with van der Waals surface area (Å²) in [5.41, 5.74) is 3.03. The fraction of sp³-hybridized carbons (Fsp3) is 0.483. The van der Waals surface area contributed by atoms with E-state index in [2.05, 4.69) is 20.2 Å². The van der Waals surface area contributed by atoms with Gasteiger partial charge in [0.25, 0.3) is 5.56 Å². The fourth-order valence-corrected chi connectivity index (χ4v) is 6.73. The van der Waals surface area contributed by atoms with Crippen LogP contribution < -0.4 is 15.8 Å². The van der Waals surface area contributed by atoms with Crippen LogP contribution in [0.2, 0.25) is 0 Å². The molecule has 1 aliphatic heterocycles. The van der Waals surface area contributed by atoms with Crippen molar-refractivity contribution in [2.75, 3.05) is 24.5 Å². The Labute approximate surface area is 223 Å². The minimum Gasteiger partial charge on any atom is -0.369 e. The summed E-state index contributed by atoms with van der Waals surface area (Å²) in [6, 6.07) is 5.91. The number of anilines is 1. The lowest BCUT2D eigenvalue weighted by atomic mass is 9.65. The molecule has 2 aliphatic carbocycles. The van der Waals surface area contributed by atoms with Crippen LogP contribution in [0, 0.1) is 11.3 Å². The number of alkyl halides is 3. The molecule has 1 spiro atoms. The second-order valence-electron chi connectivity index (χ2n) is 11.9. The van der Waals surface area contributed by atoms with Gasteiger partial charge >= 0.3 is 0 Å². The largest absolute Gasteiger partial charge is 0.369 e. The van der Waals surface area contributed by atoms with Crippen molar-refractivity contribution in [1.29, 1.82) is 0 Å². The summed E-state index contributed by atoms with van der Waals surface area (Å²) < 4.78 is 43.8. The first-order valence-corrected chi connectivity index (χ1v) is 13.7. The molecule has 0 bridgehead atoms. The number of aromatic nitrogens is 4. The molecule has 0 amide bonds. The number of hydrogen-bond donors (Lipinski definition) is 1. The maximum absolute atomic E-state index is 13.6. The van der Waals surface area contributed by atoms with Gasteiger partial charge in [-0.2, -0.15) is 0 Å². The minimum absolute atomic E-state index is 0.0557. The number of nitrogens with zero attached hydrogens (tertiary/aromatic N) is 5. The first-order chi connectivity index (χ1) is 18.8. The summed E-state index contributed by atoms with van der Waals surface area (Å²) in [6.07, 6.45) is 10.4. The molecule has 0 aromatic carbocycles. The highest BCUT2D eigenvalue weighted by Crippen LogP contribution is 2.57. The lowest BCUT2D eigenvalue weighted by Crippen LogP contribution is -2.47. The van der Waals surface area contributed by atoms with Gasteiger partial charge < -0.3 is 19.2 Å². The van der Waals surface area contributed by atoms with E-state index in [0.29, 0.717) is 50.3 Å². The van der Waals surface area contributed by atoms with Gasteiger partial charge in [0.1, 0.15) is 11.8 Å². The molecule has 0 atom stereocenters. The van der Waals surface area contributed by atoms with Gasteiger partial charge in [-0.15, -0.1) is 0 Å². The Bertz CT molecular complexity index is 1600. The van der Waals surface area contributed by atoms with Crippen molar-refractivity contribution in [3.8, 4) is 0 Å². The maximum atomic E-state index is 13.6. The molecule has 3 fully saturated rings. The predicted molar refractivity (Wildman–Crippen MR) is 143 cm³/mol. The van der Waals surface area contributed by atoms with E-state index in [4.69, 9.17) is 0 Å². The van der Waals surface area contributed by atoms with E-state index in [1.807, 2.05) is 35.0 Å². The first kappa shape index (κ1) is 24.6. The molecule has 7 nitrogen and oxygen atoms in total. The van der Waals surface area contributed by atoms with Crippen LogP contribution in [0.25, 0.3) is 16.4 Å². The van der Waals surface area contributed by atoms with E-state index in [0.717, 1.165) is 40.9 Å². The molecule has 4 aromatic heterocycles. The number of nitrogens with one attached hydrogen (secondary N) is 1. The molecular formula is C29H31F3N6O. The highest BCUT2D eigenvalue weighted by molar-refractivity contribution is 5.92. The summed E-state index contributed by atoms with van der Waals surface area (Å²) in [5, 5.41) is 4.72. The first-order valence-electron chi connectivity index (χ1n) is 13.7. The molecule has 3 aliphatic rings. The van der Waals surface area contributed by atoms with Crippen molar-refractivity contribution in [3.63, 3.8) is 0 Å². The highest BCUT2D eigenvalue weighted by Gasteiger charge is 2.58. The van der Waals surface area contributed by atoms with Crippen LogP contribution in [0.15, 0.2) is 54.0 Å². The zero-order chi connectivity index (χ0) is 26.8. The standard InChI is InChI=1S/C29H31F3N6O/c30-21-7-20(8-21)10-33-9-19-1-2-26-35-22(15-38(26)13-19)14-36-5-3-23-24(27(36)39)11-34-12-25(23)37-6-4-28(18-37)16-29(31,32)17-28/h1-3,5,11-13,15,20-21,33H,4,6-10,14,16-18H2. The maximum Gasteiger partial charge on any atom is 0.260 e. The van der Waals surface area contributed by atoms with Crippen LogP contribution >= 0.6 is 0 Å². The van der Waals surface area contributed by atoms with Gasteiger partial charge in [0.2, 0.25) is 5.92 Å². The Morgan fingerprint density at radius 3 is 2.72 bits per heavy atom. The number of halogens is 3. The van der Waals surface area contributed by atoms with Crippen LogP contribution in [0.4, 0.5) is 18.9 Å². The molecular weight excluding hydrogens is 505 g/mol. The average molecular weight is 537 g/mol. The molecule has 5 heterocycles. The van der Waals surface area contributed by atoms with E-state index in [1.165, 1.54) is 0 Å². The Kier molecular flexibility index (Phi) is 5.73. The van der Waals surface area contributed by atoms with E-state index < -0.39 is 12.1 Å². The second-order valence-corrected chi connectivity index (χ2v) is 11.9. The zero-order valence-electron chi connectivity index (χ0n) is 21.6. The van der Waals surface area contributed by atoms with Crippen LogP contribution in [0.3, 0.4) is 0 Å². The summed E-state index contributed by atoms with van der Waals surface area (Å²) in [4.78, 5) is 24.5. The number of rotatable bonds is 7. The van der Waals surface area contributed by atoms with Gasteiger partial charge in [-0.05, 0) is 49.4 Å². The van der Waals surface area contributed by atoms with E-state index in [1.54, 1.807) is 23.2 Å². The molecule has 1 N–H and O–H groups in total. The predicted octanol–water partition coefficient (Wildman–Crippen LogP) is 4.56. The Balaban J connectivity index is 1.07. The van der Waals surface area contributed by atoms with Crippen molar-refractivity contribution < 1.29 is 13.2 Å². The number of pyridine rings is 3. The van der Waals surface area contributed by atoms with E-state index >= 15 is 0 Å². The average Bonchev–Trinajstić information content (AvgIpc) is 3.47. The highest BCUT2D eigenvalue weighted by atomic mass is 19.3. The van der Waals surface area contributed by atoms with Crippen molar-refractivity contribution in [2.24, 2.45) is 11.3 Å². The molecule has 1 saturated heterocycles. The lowest BCUT2D eigenvalue weighted by molar-refractivity contribution is -0.152. The second kappa shape index (κ2) is 9.08. The molecule has 204 valence electrons. The van der Waals surface area contributed by atoms with E-state index in [9.17, 15) is 18.0 Å². The third-order valence-electron chi connectivity index (χ3n) is 8.76. The van der Waals surface area contributed by atoms with Crippen LogP contribution in [-0.4, -0.2) is 50.7 Å². The molecule has 39 heavy (non-hydrogen) atoms. The number of hydrogen-bond acceptors (Lipinski definition) is 5. The molecule has 10 heteroatoms. The summed E-state index contributed by atoms with van der Waals surface area (Å²) in [5.74, 6) is -2.12. The quantitative estimate of drug-likeness (QED) is 0.375. The summed E-state index contributed by atoms with van der Waals surface area (Å²) in [6.45, 7) is 3.12. The van der Waals surface area contributed by atoms with Gasteiger partial charge in [0, 0.05) is 68.1 Å². The normalized spacial score (nSPS) is 23.4. The molecule has 7 rings (SSSR count). The molecule has 4 aromatic rings. The number of imidazole rings is 1. The van der Waals surface area contributed by atoms with Crippen LogP contribution in [0.1, 0.15) is 43.4 Å². The molecule has 0 radical (unpaired) electrons. The minimum atomic E-state index is -2.55. The Morgan fingerprint density at radius 2 is 1.92 bits per heavy atom. The smallest absolute Gasteiger partial charge is 0.260 e. The van der Waals surface area contributed by atoms with Gasteiger partial charge in [0.05, 0.1) is 29.5 Å². The Morgan fingerprint density at radius 1 is 1.08 bits per heavy atom. The lowest BCUT2D eigenvalue weighted by Gasteiger charge is -2.44. The molecule has 0 unspecified atom stereocenters. The Hall–Kier alpha value is -3.40. The van der Waals surface area contributed by atoms with Gasteiger partial charge in [0.15, 0.2) is 0 Å². The monoisotopic (exact) mass is 536 g/mol. The van der Waals surface area contributed by atoms with Crippen molar-refractivity contribution in [3.05, 3.63) is 70.8 Å². The summed E-state index contributed by atoms with van der Waals surface area (Å²) in [7, 11) is 0. The third-order valence-corrected chi connectivity index (χ3v) is 8.76. The van der Waals surface area contributed by atoms with Crippen molar-refractivity contribution in [1.82, 2.24) is 24.3 Å². The van der Waals surface area contributed by atoms with Crippen LogP contribution in [-0.2, 0) is 13.1 Å². The SMILES string of the molecule is O=c1c2cncc(N3CCC4(C3)CC(F)(F)C4)c2ccn1Cc1cn2cc(CNCC3CC(F)C3)ccc2n1. The van der Waals surface area contributed by atoms with Crippen molar-refractivity contribution in [2.45, 2.75) is 57.3 Å². The van der Waals surface area contributed by atoms with E-state index in [-0.39, 0.29) is 23.8 Å². The van der Waals surface area contributed by atoms with Gasteiger partial charge in [-0.25, -0.2) is 18.2 Å². The topological polar surface area (TPSA) is 67.5 Å². The fourth-order valence-electron chi connectivity index (χ4n) is 6.73. The van der Waals surface area contributed by atoms with Gasteiger partial charge in [-0.3, -0.25) is 9.78 Å². The molecule has 2 saturated carbocycles. The van der Waals surface area contributed by atoms with Crippen LogP contribution in [0.5, 0.6) is 0 Å². The number of fused-ring (bicyclic) bond motifs is 2. The zero-order valence-corrected chi connectivity index (χ0v) is 21.6. The third kappa shape index (κ3) is 4.58. The van der Waals surface area contributed by atoms with Gasteiger partial charge in [-0.1, -0.05) is 6.07 Å². The summed E-state index contributed by atoms with van der Waals surface area (Å²) >= 11 is 0.